The zero-order chi connectivity index (χ0) is 26.7. The molecule has 0 radical (unpaired) electrons. The van der Waals surface area contributed by atoms with Gasteiger partial charge in [0.05, 0.1) is 37.9 Å². The topological polar surface area (TPSA) is 134 Å². The van der Waals surface area contributed by atoms with E-state index in [0.717, 1.165) is 10.6 Å². The summed E-state index contributed by atoms with van der Waals surface area (Å²) in [5.74, 6) is -4.76. The number of alkyl halides is 3. The summed E-state index contributed by atoms with van der Waals surface area (Å²) in [6.45, 7) is 0.347. The summed E-state index contributed by atoms with van der Waals surface area (Å²) in [5.41, 5.74) is 8.27. The molecule has 1 aliphatic heterocycles. The van der Waals surface area contributed by atoms with E-state index >= 15 is 8.78 Å². The van der Waals surface area contributed by atoms with E-state index in [2.05, 4.69) is 20.4 Å². The van der Waals surface area contributed by atoms with Gasteiger partial charge in [-0.2, -0.15) is 9.29 Å². The van der Waals surface area contributed by atoms with Crippen molar-refractivity contribution in [1.82, 2.24) is 33.9 Å². The van der Waals surface area contributed by atoms with Crippen molar-refractivity contribution in [2.75, 3.05) is 32.2 Å². The van der Waals surface area contributed by atoms with Crippen LogP contribution in [0.15, 0.2) is 24.4 Å². The van der Waals surface area contributed by atoms with Crippen molar-refractivity contribution in [2.24, 2.45) is 0 Å². The molecule has 0 bridgehead atoms. The predicted molar refractivity (Wildman–Crippen MR) is 130 cm³/mol. The molecule has 1 fully saturated rings. The van der Waals surface area contributed by atoms with Crippen LogP contribution in [0.25, 0.3) is 27.7 Å². The van der Waals surface area contributed by atoms with Crippen LogP contribution in [-0.2, 0) is 16.6 Å². The molecule has 1 aromatic carbocycles. The van der Waals surface area contributed by atoms with Crippen molar-refractivity contribution in [3.05, 3.63) is 30.0 Å². The average molecular weight is 539 g/mol. The molecule has 2 atom stereocenters. The smallest absolute Gasteiger partial charge is 0.268 e. The molecule has 198 valence electrons. The lowest BCUT2D eigenvalue weighted by atomic mass is 9.84. The highest BCUT2D eigenvalue weighted by Gasteiger charge is 2.49. The van der Waals surface area contributed by atoms with Crippen molar-refractivity contribution in [3.63, 3.8) is 0 Å². The zero-order valence-corrected chi connectivity index (χ0v) is 21.1. The van der Waals surface area contributed by atoms with E-state index in [1.54, 1.807) is 18.2 Å². The number of anilines is 1. The molecule has 5 rings (SSSR count). The summed E-state index contributed by atoms with van der Waals surface area (Å²) in [5, 5.41) is 12.2. The Labute approximate surface area is 210 Å². The maximum absolute atomic E-state index is 15.6. The number of halogens is 3. The largest absolute Gasteiger partial charge is 0.479 e. The van der Waals surface area contributed by atoms with Crippen molar-refractivity contribution < 1.29 is 26.3 Å². The van der Waals surface area contributed by atoms with Gasteiger partial charge in [-0.25, -0.2) is 30.8 Å². The van der Waals surface area contributed by atoms with Crippen LogP contribution in [0.5, 0.6) is 5.88 Å². The lowest BCUT2D eigenvalue weighted by molar-refractivity contribution is -0.0633. The molecule has 1 saturated heterocycles. The third kappa shape index (κ3) is 4.45. The molecular formula is C22H25F3N8O3S. The third-order valence-electron chi connectivity index (χ3n) is 6.47. The molecule has 0 spiro atoms. The Hall–Kier alpha value is -3.46. The number of hydrogen-bond donors (Lipinski definition) is 1. The van der Waals surface area contributed by atoms with Gasteiger partial charge in [-0.15, -0.1) is 10.2 Å². The highest BCUT2D eigenvalue weighted by molar-refractivity contribution is 7.88. The number of sulfonamides is 1. The molecule has 0 amide bonds. The molecule has 15 heteroatoms. The number of hydrogen-bond acceptors (Lipinski definition) is 8. The molecule has 0 saturated carbocycles. The number of nitrogen functional groups attached to an aromatic ring is 1. The van der Waals surface area contributed by atoms with Crippen LogP contribution in [0.2, 0.25) is 0 Å². The second kappa shape index (κ2) is 8.83. The summed E-state index contributed by atoms with van der Waals surface area (Å²) in [6, 6.07) is 5.05. The molecule has 2 N–H and O–H groups in total. The van der Waals surface area contributed by atoms with E-state index in [9.17, 15) is 12.8 Å². The lowest BCUT2D eigenvalue weighted by Gasteiger charge is -2.37. The Morgan fingerprint density at radius 1 is 1.32 bits per heavy atom. The lowest BCUT2D eigenvalue weighted by Crippen LogP contribution is -2.49. The minimum Gasteiger partial charge on any atom is -0.479 e. The normalized spacial score (nSPS) is 19.5. The molecular weight excluding hydrogens is 513 g/mol. The van der Waals surface area contributed by atoms with Crippen LogP contribution < -0.4 is 10.5 Å². The number of fused-ring (bicyclic) bond motifs is 2. The first-order valence-electron chi connectivity index (χ1n) is 11.4. The Morgan fingerprint density at radius 3 is 2.73 bits per heavy atom. The molecule has 4 heterocycles. The fourth-order valence-corrected chi connectivity index (χ4v) is 5.71. The van der Waals surface area contributed by atoms with E-state index in [1.165, 1.54) is 29.4 Å². The average Bonchev–Trinajstić information content (AvgIpc) is 3.37. The highest BCUT2D eigenvalue weighted by atomic mass is 32.2. The first kappa shape index (κ1) is 25.2. The van der Waals surface area contributed by atoms with Gasteiger partial charge in [0.25, 0.3) is 5.92 Å². The standard InChI is InChI=1S/C22H25F3N8O3S/c1-12(23)9-32-17-8-13(4-5-16(17)28-30-32)18-14(10-33-19(18)20(36-2)27-21(26)29-33)15-6-7-31(37(3,34)35)11-22(15,24)25/h4-5,8,10,12,15H,6-7,9,11H2,1-3H3,(H2,26,29)/t12-,15+/m0/s1. The quantitative estimate of drug-likeness (QED) is 0.396. The summed E-state index contributed by atoms with van der Waals surface area (Å²) in [6.07, 6.45) is 1.05. The van der Waals surface area contributed by atoms with Crippen LogP contribution in [0.3, 0.4) is 0 Å². The SMILES string of the molecule is COc1nc(N)nn2cc([C@H]3CCN(S(C)(=O)=O)CC3(F)F)c(-c3ccc4nnn(C[C@H](C)F)c4c3)c12. The number of rotatable bonds is 6. The maximum atomic E-state index is 15.6. The van der Waals surface area contributed by atoms with E-state index in [-0.39, 0.29) is 36.9 Å². The van der Waals surface area contributed by atoms with Crippen LogP contribution in [0.4, 0.5) is 19.1 Å². The number of nitrogens with zero attached hydrogens (tertiary/aromatic N) is 7. The summed E-state index contributed by atoms with van der Waals surface area (Å²) >= 11 is 0. The summed E-state index contributed by atoms with van der Waals surface area (Å²) in [4.78, 5) is 4.12. The van der Waals surface area contributed by atoms with Gasteiger partial charge in [-0.3, -0.25) is 0 Å². The third-order valence-corrected chi connectivity index (χ3v) is 7.72. The molecule has 4 aromatic rings. The van der Waals surface area contributed by atoms with Crippen LogP contribution in [0, 0.1) is 0 Å². The van der Waals surface area contributed by atoms with E-state index < -0.39 is 34.6 Å². The molecule has 11 nitrogen and oxygen atoms in total. The van der Waals surface area contributed by atoms with Gasteiger partial charge in [0.15, 0.2) is 0 Å². The molecule has 37 heavy (non-hydrogen) atoms. The fraction of sp³-hybridized carbons (Fsp3) is 0.455. The second-order valence-corrected chi connectivity index (χ2v) is 11.2. The first-order chi connectivity index (χ1) is 17.4. The highest BCUT2D eigenvalue weighted by Crippen LogP contribution is 2.47. The fourth-order valence-electron chi connectivity index (χ4n) is 4.86. The Morgan fingerprint density at radius 2 is 2.08 bits per heavy atom. The van der Waals surface area contributed by atoms with Crippen molar-refractivity contribution in [2.45, 2.75) is 37.9 Å². The van der Waals surface area contributed by atoms with Crippen LogP contribution in [-0.4, -0.2) is 80.9 Å². The Bertz CT molecular complexity index is 1600. The van der Waals surface area contributed by atoms with Crippen LogP contribution in [0.1, 0.15) is 24.8 Å². The van der Waals surface area contributed by atoms with Gasteiger partial charge >= 0.3 is 0 Å². The first-order valence-corrected chi connectivity index (χ1v) is 13.3. The van der Waals surface area contributed by atoms with E-state index in [0.29, 0.717) is 27.7 Å². The predicted octanol–water partition coefficient (Wildman–Crippen LogP) is 2.47. The monoisotopic (exact) mass is 538 g/mol. The van der Waals surface area contributed by atoms with Gasteiger partial charge in [-0.1, -0.05) is 11.3 Å². The zero-order valence-electron chi connectivity index (χ0n) is 20.3. The van der Waals surface area contributed by atoms with Crippen LogP contribution >= 0.6 is 0 Å². The minimum atomic E-state index is -3.80. The summed E-state index contributed by atoms with van der Waals surface area (Å²) < 4.78 is 77.8. The number of aromatic nitrogens is 6. The number of piperidine rings is 1. The van der Waals surface area contributed by atoms with Crippen molar-refractivity contribution >= 4 is 32.5 Å². The molecule has 0 aliphatic carbocycles. The second-order valence-electron chi connectivity index (χ2n) is 9.19. The van der Waals surface area contributed by atoms with Gasteiger partial charge in [0.1, 0.15) is 17.2 Å². The summed E-state index contributed by atoms with van der Waals surface area (Å²) in [7, 11) is -2.42. The molecule has 3 aromatic heterocycles. The van der Waals surface area contributed by atoms with E-state index in [1.807, 2.05) is 0 Å². The minimum absolute atomic E-state index is 0.0334. The van der Waals surface area contributed by atoms with Gasteiger partial charge < -0.3 is 10.5 Å². The Kier molecular flexibility index (Phi) is 6.02. The van der Waals surface area contributed by atoms with Crippen molar-refractivity contribution in [1.29, 1.82) is 0 Å². The van der Waals surface area contributed by atoms with Crippen molar-refractivity contribution in [3.8, 4) is 17.0 Å². The Balaban J connectivity index is 1.74. The van der Waals surface area contributed by atoms with Gasteiger partial charge in [0.2, 0.25) is 21.9 Å². The molecule has 1 aliphatic rings. The maximum Gasteiger partial charge on any atom is 0.268 e. The number of methoxy groups -OCH3 is 1. The molecule has 0 unspecified atom stereocenters. The van der Waals surface area contributed by atoms with E-state index in [4.69, 9.17) is 10.5 Å². The number of ether oxygens (including phenoxy) is 1. The number of nitrogens with two attached hydrogens (primary N) is 1. The van der Waals surface area contributed by atoms with Gasteiger partial charge in [-0.05, 0) is 36.6 Å². The number of benzene rings is 1. The van der Waals surface area contributed by atoms with Gasteiger partial charge in [0, 0.05) is 18.3 Å².